The van der Waals surface area contributed by atoms with E-state index in [9.17, 15) is 14.7 Å². The van der Waals surface area contributed by atoms with Crippen LogP contribution in [0.5, 0.6) is 0 Å². The summed E-state index contributed by atoms with van der Waals surface area (Å²) >= 11 is 0. The molecule has 1 heterocycles. The Morgan fingerprint density at radius 1 is 1.20 bits per heavy atom. The number of benzene rings is 1. The number of nitrogens with zero attached hydrogens (tertiary/aromatic N) is 1. The summed E-state index contributed by atoms with van der Waals surface area (Å²) in [4.78, 5) is 25.2. The second kappa shape index (κ2) is 5.27. The first-order valence-electron chi connectivity index (χ1n) is 7.27. The molecule has 2 unspecified atom stereocenters. The van der Waals surface area contributed by atoms with E-state index >= 15 is 0 Å². The molecule has 1 aromatic rings. The number of aryl methyl sites for hydroxylation is 1. The number of fused-ring (bicyclic) bond motifs is 1. The van der Waals surface area contributed by atoms with Gasteiger partial charge in [0.05, 0.1) is 12.0 Å². The van der Waals surface area contributed by atoms with E-state index in [2.05, 4.69) is 12.1 Å². The maximum Gasteiger partial charge on any atom is 0.308 e. The maximum atomic E-state index is 12.2. The highest BCUT2D eigenvalue weighted by Gasteiger charge is 2.36. The van der Waals surface area contributed by atoms with Crippen molar-refractivity contribution >= 4 is 11.9 Å². The molecule has 4 heteroatoms. The Hall–Kier alpha value is -1.84. The molecule has 1 aliphatic heterocycles. The molecule has 20 heavy (non-hydrogen) atoms. The average molecular weight is 273 g/mol. The van der Waals surface area contributed by atoms with Crippen molar-refractivity contribution in [3.8, 4) is 0 Å². The van der Waals surface area contributed by atoms with E-state index in [4.69, 9.17) is 0 Å². The number of carbonyl (C=O) groups is 2. The van der Waals surface area contributed by atoms with Crippen molar-refractivity contribution in [3.05, 3.63) is 35.4 Å². The van der Waals surface area contributed by atoms with Crippen LogP contribution in [-0.4, -0.2) is 28.4 Å². The van der Waals surface area contributed by atoms with Gasteiger partial charge < -0.3 is 10.0 Å². The zero-order chi connectivity index (χ0) is 14.1. The van der Waals surface area contributed by atoms with Crippen LogP contribution in [0.2, 0.25) is 0 Å². The molecular formula is C16H19NO3. The van der Waals surface area contributed by atoms with E-state index in [1.165, 1.54) is 11.1 Å². The molecule has 2 aliphatic rings. The number of amides is 1. The van der Waals surface area contributed by atoms with Gasteiger partial charge in [0.15, 0.2) is 0 Å². The fourth-order valence-electron chi connectivity index (χ4n) is 3.43. The molecule has 0 bridgehead atoms. The fraction of sp³-hybridized carbons (Fsp3) is 0.500. The second-order valence-electron chi connectivity index (χ2n) is 5.73. The van der Waals surface area contributed by atoms with E-state index in [1.54, 1.807) is 4.90 Å². The Morgan fingerprint density at radius 3 is 2.80 bits per heavy atom. The summed E-state index contributed by atoms with van der Waals surface area (Å²) < 4.78 is 0. The largest absolute Gasteiger partial charge is 0.481 e. The van der Waals surface area contributed by atoms with Gasteiger partial charge in [-0.3, -0.25) is 9.59 Å². The molecule has 1 amide bonds. The predicted octanol–water partition coefficient (Wildman–Crippen LogP) is 2.39. The second-order valence-corrected chi connectivity index (χ2v) is 5.73. The quantitative estimate of drug-likeness (QED) is 0.900. The van der Waals surface area contributed by atoms with Crippen molar-refractivity contribution in [3.63, 3.8) is 0 Å². The van der Waals surface area contributed by atoms with Crippen LogP contribution in [-0.2, 0) is 16.0 Å². The van der Waals surface area contributed by atoms with E-state index in [-0.39, 0.29) is 11.9 Å². The fourth-order valence-corrected chi connectivity index (χ4v) is 3.43. The van der Waals surface area contributed by atoms with Crippen molar-refractivity contribution in [2.24, 2.45) is 5.92 Å². The standard InChI is InChI=1S/C16H19NO3/c18-15-9-8-12(16(19)20)10-17(15)14-7-3-5-11-4-1-2-6-13(11)14/h1-2,4,6,12,14H,3,5,7-10H2,(H,19,20). The van der Waals surface area contributed by atoms with Gasteiger partial charge in [-0.05, 0) is 36.8 Å². The van der Waals surface area contributed by atoms with Crippen LogP contribution in [0.15, 0.2) is 24.3 Å². The summed E-state index contributed by atoms with van der Waals surface area (Å²) in [6, 6.07) is 8.29. The molecule has 4 nitrogen and oxygen atoms in total. The van der Waals surface area contributed by atoms with Gasteiger partial charge in [-0.2, -0.15) is 0 Å². The smallest absolute Gasteiger partial charge is 0.308 e. The minimum absolute atomic E-state index is 0.0644. The topological polar surface area (TPSA) is 57.6 Å². The Kier molecular flexibility index (Phi) is 3.47. The normalized spacial score (nSPS) is 26.2. The van der Waals surface area contributed by atoms with Gasteiger partial charge in [0, 0.05) is 13.0 Å². The van der Waals surface area contributed by atoms with Crippen molar-refractivity contribution in [1.29, 1.82) is 0 Å². The van der Waals surface area contributed by atoms with E-state index in [0.29, 0.717) is 19.4 Å². The minimum atomic E-state index is -0.786. The molecule has 1 aromatic carbocycles. The number of hydrogen-bond donors (Lipinski definition) is 1. The van der Waals surface area contributed by atoms with Crippen LogP contribution in [0.25, 0.3) is 0 Å². The third kappa shape index (κ3) is 2.30. The van der Waals surface area contributed by atoms with Crippen LogP contribution >= 0.6 is 0 Å². The molecule has 1 aliphatic carbocycles. The van der Waals surface area contributed by atoms with Crippen LogP contribution in [0.3, 0.4) is 0 Å². The third-order valence-corrected chi connectivity index (χ3v) is 4.51. The lowest BCUT2D eigenvalue weighted by atomic mass is 9.85. The number of carbonyl (C=O) groups excluding carboxylic acids is 1. The van der Waals surface area contributed by atoms with Gasteiger partial charge in [-0.25, -0.2) is 0 Å². The molecule has 3 rings (SSSR count). The zero-order valence-electron chi connectivity index (χ0n) is 11.4. The molecule has 1 saturated heterocycles. The first kappa shape index (κ1) is 13.2. The number of likely N-dealkylation sites (tertiary alicyclic amines) is 1. The molecule has 1 fully saturated rings. The highest BCUT2D eigenvalue weighted by molar-refractivity contribution is 5.81. The van der Waals surface area contributed by atoms with Gasteiger partial charge in [-0.15, -0.1) is 0 Å². The van der Waals surface area contributed by atoms with E-state index < -0.39 is 11.9 Å². The molecule has 2 atom stereocenters. The number of hydrogen-bond acceptors (Lipinski definition) is 2. The monoisotopic (exact) mass is 273 g/mol. The lowest BCUT2D eigenvalue weighted by molar-refractivity contribution is -0.149. The molecule has 0 radical (unpaired) electrons. The van der Waals surface area contributed by atoms with Gasteiger partial charge in [0.25, 0.3) is 0 Å². The van der Waals surface area contributed by atoms with Gasteiger partial charge in [0.2, 0.25) is 5.91 Å². The summed E-state index contributed by atoms with van der Waals surface area (Å²) in [5.41, 5.74) is 2.51. The van der Waals surface area contributed by atoms with Gasteiger partial charge in [0.1, 0.15) is 0 Å². The first-order valence-corrected chi connectivity index (χ1v) is 7.27. The minimum Gasteiger partial charge on any atom is -0.481 e. The van der Waals surface area contributed by atoms with Crippen molar-refractivity contribution < 1.29 is 14.7 Å². The lowest BCUT2D eigenvalue weighted by Crippen LogP contribution is -2.45. The molecule has 0 saturated carbocycles. The van der Waals surface area contributed by atoms with Gasteiger partial charge >= 0.3 is 5.97 Å². The lowest BCUT2D eigenvalue weighted by Gasteiger charge is -2.39. The SMILES string of the molecule is O=C(O)C1CCC(=O)N(C2CCCc3ccccc32)C1. The Morgan fingerprint density at radius 2 is 2.00 bits per heavy atom. The Balaban J connectivity index is 1.88. The summed E-state index contributed by atoms with van der Waals surface area (Å²) in [6.45, 7) is 0.354. The molecule has 1 N–H and O–H groups in total. The van der Waals surface area contributed by atoms with Crippen molar-refractivity contribution in [1.82, 2.24) is 4.90 Å². The summed E-state index contributed by atoms with van der Waals surface area (Å²) in [5.74, 6) is -1.10. The average Bonchev–Trinajstić information content (AvgIpc) is 2.47. The highest BCUT2D eigenvalue weighted by Crippen LogP contribution is 2.36. The summed E-state index contributed by atoms with van der Waals surface area (Å²) in [7, 11) is 0. The maximum absolute atomic E-state index is 12.2. The number of carboxylic acids is 1. The van der Waals surface area contributed by atoms with E-state index in [0.717, 1.165) is 19.3 Å². The number of rotatable bonds is 2. The van der Waals surface area contributed by atoms with E-state index in [1.807, 2.05) is 12.1 Å². The van der Waals surface area contributed by atoms with Crippen molar-refractivity contribution in [2.75, 3.05) is 6.54 Å². The van der Waals surface area contributed by atoms with Gasteiger partial charge in [-0.1, -0.05) is 24.3 Å². The molecule has 0 aromatic heterocycles. The van der Waals surface area contributed by atoms with Crippen LogP contribution < -0.4 is 0 Å². The molecule has 106 valence electrons. The Bertz CT molecular complexity index is 540. The molecular weight excluding hydrogens is 254 g/mol. The Labute approximate surface area is 118 Å². The van der Waals surface area contributed by atoms with Crippen LogP contribution in [0.1, 0.15) is 42.9 Å². The predicted molar refractivity (Wildman–Crippen MR) is 74.2 cm³/mol. The third-order valence-electron chi connectivity index (χ3n) is 4.51. The number of piperidine rings is 1. The van der Waals surface area contributed by atoms with Crippen molar-refractivity contribution in [2.45, 2.75) is 38.1 Å². The first-order chi connectivity index (χ1) is 9.66. The summed E-state index contributed by atoms with van der Waals surface area (Å²) in [6.07, 6.45) is 3.88. The highest BCUT2D eigenvalue weighted by atomic mass is 16.4. The number of aliphatic carboxylic acids is 1. The number of carboxylic acid groups (broad SMARTS) is 1. The molecule has 0 spiro atoms. The van der Waals surface area contributed by atoms with Crippen LogP contribution in [0, 0.1) is 5.92 Å². The summed E-state index contributed by atoms with van der Waals surface area (Å²) in [5, 5.41) is 9.20. The zero-order valence-corrected chi connectivity index (χ0v) is 11.4. The van der Waals surface area contributed by atoms with Crippen LogP contribution in [0.4, 0.5) is 0 Å².